The van der Waals surface area contributed by atoms with Crippen molar-refractivity contribution in [2.24, 2.45) is 0 Å². The molecule has 1 N–H and O–H groups in total. The second-order valence-electron chi connectivity index (χ2n) is 3.73. The molecular weight excluding hydrogens is 226 g/mol. The van der Waals surface area contributed by atoms with Crippen LogP contribution in [-0.4, -0.2) is 29.3 Å². The molecule has 0 bridgehead atoms. The maximum atomic E-state index is 10.9. The molecule has 6 heteroatoms. The van der Waals surface area contributed by atoms with Crippen LogP contribution in [-0.2, 0) is 6.42 Å². The highest BCUT2D eigenvalue weighted by molar-refractivity contribution is 5.57. The number of rotatable bonds is 3. The van der Waals surface area contributed by atoms with Gasteiger partial charge in [-0.15, -0.1) is 0 Å². The van der Waals surface area contributed by atoms with Crippen LogP contribution >= 0.6 is 0 Å². The van der Waals surface area contributed by atoms with E-state index in [0.29, 0.717) is 23.5 Å². The molecular formula is C11H13NO5. The summed E-state index contributed by atoms with van der Waals surface area (Å²) in [6.45, 7) is 1.89. The quantitative estimate of drug-likeness (QED) is 0.634. The van der Waals surface area contributed by atoms with Gasteiger partial charge in [-0.05, 0) is 12.5 Å². The molecule has 92 valence electrons. The zero-order chi connectivity index (χ0) is 12.4. The van der Waals surface area contributed by atoms with E-state index in [4.69, 9.17) is 14.6 Å². The first-order valence-electron chi connectivity index (χ1n) is 5.38. The molecule has 0 spiro atoms. The second kappa shape index (κ2) is 4.58. The molecule has 1 aromatic rings. The average Bonchev–Trinajstić information content (AvgIpc) is 2.36. The summed E-state index contributed by atoms with van der Waals surface area (Å²) < 4.78 is 10.9. The van der Waals surface area contributed by atoms with E-state index in [1.165, 1.54) is 12.1 Å². The summed E-state index contributed by atoms with van der Waals surface area (Å²) in [6.07, 6.45) is 0.0101. The van der Waals surface area contributed by atoms with Gasteiger partial charge in [0.25, 0.3) is 5.69 Å². The highest BCUT2D eigenvalue weighted by Crippen LogP contribution is 2.40. The maximum absolute atomic E-state index is 10.9. The van der Waals surface area contributed by atoms with Gasteiger partial charge in [0.1, 0.15) is 6.61 Å². The largest absolute Gasteiger partial charge is 0.486 e. The Balaban J connectivity index is 2.48. The Labute approximate surface area is 97.9 Å². The lowest BCUT2D eigenvalue weighted by atomic mass is 10.1. The molecule has 1 aliphatic heterocycles. The van der Waals surface area contributed by atoms with Crippen molar-refractivity contribution in [2.75, 3.05) is 13.2 Å². The molecule has 0 saturated heterocycles. The lowest BCUT2D eigenvalue weighted by molar-refractivity contribution is -0.385. The lowest BCUT2D eigenvalue weighted by Crippen LogP contribution is -2.32. The summed E-state index contributed by atoms with van der Waals surface area (Å²) in [4.78, 5) is 10.4. The van der Waals surface area contributed by atoms with Crippen LogP contribution in [0.4, 0.5) is 5.69 Å². The van der Waals surface area contributed by atoms with Crippen molar-refractivity contribution >= 4 is 5.69 Å². The van der Waals surface area contributed by atoms with Crippen molar-refractivity contribution in [1.29, 1.82) is 0 Å². The Morgan fingerprint density at radius 3 is 2.94 bits per heavy atom. The van der Waals surface area contributed by atoms with E-state index in [9.17, 15) is 10.1 Å². The van der Waals surface area contributed by atoms with Crippen molar-refractivity contribution < 1.29 is 19.5 Å². The molecule has 1 unspecified atom stereocenters. The van der Waals surface area contributed by atoms with Crippen LogP contribution in [0.1, 0.15) is 12.5 Å². The van der Waals surface area contributed by atoms with Crippen molar-refractivity contribution in [2.45, 2.75) is 19.4 Å². The number of hydrogen-bond acceptors (Lipinski definition) is 5. The van der Waals surface area contributed by atoms with Crippen molar-refractivity contribution in [3.8, 4) is 11.5 Å². The van der Waals surface area contributed by atoms with Gasteiger partial charge in [-0.3, -0.25) is 10.1 Å². The number of aliphatic hydroxyl groups is 1. The van der Waals surface area contributed by atoms with Gasteiger partial charge in [0, 0.05) is 6.07 Å². The predicted molar refractivity (Wildman–Crippen MR) is 59.5 cm³/mol. The normalized spacial score (nSPS) is 17.9. The molecule has 1 aliphatic rings. The first kappa shape index (κ1) is 11.7. The minimum atomic E-state index is -0.463. The van der Waals surface area contributed by atoms with Crippen LogP contribution in [0, 0.1) is 10.1 Å². The summed E-state index contributed by atoms with van der Waals surface area (Å²) in [7, 11) is 0. The third-order valence-electron chi connectivity index (χ3n) is 2.66. The van der Waals surface area contributed by atoms with Crippen LogP contribution in [0.2, 0.25) is 0 Å². The van der Waals surface area contributed by atoms with E-state index in [-0.39, 0.29) is 18.9 Å². The molecule has 1 aromatic carbocycles. The number of hydrogen-bond donors (Lipinski definition) is 1. The van der Waals surface area contributed by atoms with E-state index < -0.39 is 11.0 Å². The fourth-order valence-corrected chi connectivity index (χ4v) is 1.82. The lowest BCUT2D eigenvalue weighted by Gasteiger charge is -2.26. The molecule has 6 nitrogen and oxygen atoms in total. The van der Waals surface area contributed by atoms with E-state index in [1.807, 2.05) is 6.92 Å². The van der Waals surface area contributed by atoms with Crippen molar-refractivity contribution in [3.63, 3.8) is 0 Å². The summed E-state index contributed by atoms with van der Waals surface area (Å²) in [5.74, 6) is 0.879. The van der Waals surface area contributed by atoms with E-state index in [0.717, 1.165) is 0 Å². The van der Waals surface area contributed by atoms with E-state index >= 15 is 0 Å². The van der Waals surface area contributed by atoms with Gasteiger partial charge >= 0.3 is 0 Å². The fraction of sp³-hybridized carbons (Fsp3) is 0.455. The van der Waals surface area contributed by atoms with Gasteiger partial charge in [-0.1, -0.05) is 6.92 Å². The molecule has 0 aromatic heterocycles. The van der Waals surface area contributed by atoms with Gasteiger partial charge < -0.3 is 14.6 Å². The van der Waals surface area contributed by atoms with Crippen LogP contribution in [0.15, 0.2) is 12.1 Å². The number of nitro groups is 1. The second-order valence-corrected chi connectivity index (χ2v) is 3.73. The van der Waals surface area contributed by atoms with Crippen LogP contribution in [0.3, 0.4) is 0 Å². The maximum Gasteiger partial charge on any atom is 0.276 e. The summed E-state index contributed by atoms with van der Waals surface area (Å²) in [6, 6.07) is 2.94. The third kappa shape index (κ3) is 2.03. The number of benzene rings is 1. The number of fused-ring (bicyclic) bond motifs is 1. The Hall–Kier alpha value is -1.82. The van der Waals surface area contributed by atoms with Gasteiger partial charge in [0.05, 0.1) is 17.1 Å². The minimum absolute atomic E-state index is 0.0217. The number of aliphatic hydroxyl groups excluding tert-OH is 1. The highest BCUT2D eigenvalue weighted by atomic mass is 16.6. The topological polar surface area (TPSA) is 81.8 Å². The molecule has 0 fully saturated rings. The molecule has 1 heterocycles. The van der Waals surface area contributed by atoms with Gasteiger partial charge in [-0.25, -0.2) is 0 Å². The Morgan fingerprint density at radius 2 is 2.35 bits per heavy atom. The summed E-state index contributed by atoms with van der Waals surface area (Å²) in [5.41, 5.74) is 0.527. The number of nitro benzene ring substituents is 1. The first-order chi connectivity index (χ1) is 8.17. The SMILES string of the molecule is CCc1c([N+](=O)[O-])ccc2c1OC(CO)CO2. The third-order valence-corrected chi connectivity index (χ3v) is 2.66. The smallest absolute Gasteiger partial charge is 0.276 e. The molecule has 1 atom stereocenters. The van der Waals surface area contributed by atoms with Crippen molar-refractivity contribution in [1.82, 2.24) is 0 Å². The summed E-state index contributed by atoms with van der Waals surface area (Å²) >= 11 is 0. The standard InChI is InChI=1S/C11H13NO5/c1-2-8-9(12(14)15)3-4-10-11(8)17-7(5-13)6-16-10/h3-4,7,13H,2,5-6H2,1H3. The molecule has 0 aliphatic carbocycles. The van der Waals surface area contributed by atoms with Crippen LogP contribution < -0.4 is 9.47 Å². The monoisotopic (exact) mass is 239 g/mol. The van der Waals surface area contributed by atoms with E-state index in [2.05, 4.69) is 0 Å². The van der Waals surface area contributed by atoms with Gasteiger partial charge in [0.15, 0.2) is 17.6 Å². The fourth-order valence-electron chi connectivity index (χ4n) is 1.82. The van der Waals surface area contributed by atoms with E-state index in [1.54, 1.807) is 0 Å². The molecule has 0 radical (unpaired) electrons. The number of nitrogens with zero attached hydrogens (tertiary/aromatic N) is 1. The van der Waals surface area contributed by atoms with Crippen LogP contribution in [0.25, 0.3) is 0 Å². The molecule has 17 heavy (non-hydrogen) atoms. The first-order valence-corrected chi connectivity index (χ1v) is 5.38. The van der Waals surface area contributed by atoms with Crippen LogP contribution in [0.5, 0.6) is 11.5 Å². The molecule has 0 saturated carbocycles. The summed E-state index contributed by atoms with van der Waals surface area (Å²) in [5, 5.41) is 19.9. The highest BCUT2D eigenvalue weighted by Gasteiger charge is 2.27. The van der Waals surface area contributed by atoms with Crippen molar-refractivity contribution in [3.05, 3.63) is 27.8 Å². The van der Waals surface area contributed by atoms with Gasteiger partial charge in [-0.2, -0.15) is 0 Å². The molecule has 2 rings (SSSR count). The Kier molecular flexibility index (Phi) is 3.14. The zero-order valence-electron chi connectivity index (χ0n) is 9.38. The Morgan fingerprint density at radius 1 is 1.59 bits per heavy atom. The Bertz CT molecular complexity index is 446. The number of ether oxygens (including phenoxy) is 2. The predicted octanol–water partition coefficient (Wildman–Crippen LogP) is 1.29. The molecule has 0 amide bonds. The zero-order valence-corrected chi connectivity index (χ0v) is 9.38. The van der Waals surface area contributed by atoms with Gasteiger partial charge in [0.2, 0.25) is 0 Å². The minimum Gasteiger partial charge on any atom is -0.486 e. The average molecular weight is 239 g/mol.